The third-order valence-electron chi connectivity index (χ3n) is 3.82. The van der Waals surface area contributed by atoms with Crippen LogP contribution in [0, 0.1) is 5.92 Å². The summed E-state index contributed by atoms with van der Waals surface area (Å²) in [6.07, 6.45) is -10.6. The van der Waals surface area contributed by atoms with Crippen LogP contribution >= 0.6 is 0 Å². The van der Waals surface area contributed by atoms with E-state index in [0.29, 0.717) is 0 Å². The molecule has 2 heterocycles. The van der Waals surface area contributed by atoms with E-state index in [1.54, 1.807) is 13.8 Å². The maximum atomic E-state index is 12.6. The van der Waals surface area contributed by atoms with E-state index in [-0.39, 0.29) is 34.2 Å². The zero-order chi connectivity index (χ0) is 20.4. The molecule has 150 valence electrons. The Kier molecular flexibility index (Phi) is 6.06. The van der Waals surface area contributed by atoms with Crippen LogP contribution in [-0.4, -0.2) is 34.4 Å². The number of carbonyl (C=O) groups is 1. The van der Waals surface area contributed by atoms with E-state index in [0.717, 1.165) is 4.52 Å². The minimum absolute atomic E-state index is 0.0326. The van der Waals surface area contributed by atoms with Crippen LogP contribution in [0.4, 0.5) is 26.3 Å². The molecule has 0 aliphatic rings. The molecule has 2 rings (SSSR count). The number of fused-ring (bicyclic) bond motifs is 1. The molecule has 0 radical (unpaired) electrons. The number of pyridine rings is 1. The Hall–Kier alpha value is -2.26. The Bertz CT molecular complexity index is 808. The number of nitrogens with zero attached hydrogens (tertiary/aromatic N) is 2. The summed E-state index contributed by atoms with van der Waals surface area (Å²) in [5, 5.41) is 3.97. The summed E-state index contributed by atoms with van der Waals surface area (Å²) in [4.78, 5) is 12.2. The minimum Gasteiger partial charge on any atom is -0.491 e. The van der Waals surface area contributed by atoms with Gasteiger partial charge in [0.05, 0.1) is 36.0 Å². The summed E-state index contributed by atoms with van der Waals surface area (Å²) >= 11 is 0. The maximum absolute atomic E-state index is 12.6. The highest BCUT2D eigenvalue weighted by Gasteiger charge is 2.30. The Labute approximate surface area is 151 Å². The van der Waals surface area contributed by atoms with Gasteiger partial charge >= 0.3 is 12.4 Å². The van der Waals surface area contributed by atoms with E-state index >= 15 is 0 Å². The van der Waals surface area contributed by atoms with E-state index in [1.807, 2.05) is 0 Å². The summed E-state index contributed by atoms with van der Waals surface area (Å²) in [6, 6.07) is 2.68. The van der Waals surface area contributed by atoms with Crippen molar-refractivity contribution in [2.75, 3.05) is 6.61 Å². The first-order valence-corrected chi connectivity index (χ1v) is 8.19. The van der Waals surface area contributed by atoms with Gasteiger partial charge in [-0.3, -0.25) is 4.79 Å². The van der Waals surface area contributed by atoms with Crippen LogP contribution in [0.3, 0.4) is 0 Å². The standard InChI is InChI=1S/C17H18F6N2O2/c1-10(2)15(26)11-9-24-25-12(11)3-4-14(27-8-7-17(21,22)23)13(25)5-6-16(18,19)20/h3-4,9-10H,5-8H2,1-2H3. The van der Waals surface area contributed by atoms with Crippen LogP contribution in [-0.2, 0) is 6.42 Å². The number of halogens is 6. The van der Waals surface area contributed by atoms with Gasteiger partial charge in [-0.25, -0.2) is 4.52 Å². The summed E-state index contributed by atoms with van der Waals surface area (Å²) in [5.74, 6) is -0.709. The van der Waals surface area contributed by atoms with Crippen molar-refractivity contribution in [3.05, 3.63) is 29.6 Å². The van der Waals surface area contributed by atoms with Gasteiger partial charge < -0.3 is 4.74 Å². The fraction of sp³-hybridized carbons (Fsp3) is 0.529. The number of Topliss-reactive ketones (excluding diaryl/α,β-unsaturated/α-hetero) is 1. The zero-order valence-corrected chi connectivity index (χ0v) is 14.6. The molecule has 0 aliphatic heterocycles. The summed E-state index contributed by atoms with van der Waals surface area (Å²) < 4.78 is 81.0. The Balaban J connectivity index is 2.41. The molecule has 0 saturated heterocycles. The predicted molar refractivity (Wildman–Crippen MR) is 84.9 cm³/mol. The lowest BCUT2D eigenvalue weighted by molar-refractivity contribution is -0.139. The Morgan fingerprint density at radius 3 is 2.30 bits per heavy atom. The predicted octanol–water partition coefficient (Wildman–Crippen LogP) is 5.00. The van der Waals surface area contributed by atoms with Crippen molar-refractivity contribution < 1.29 is 35.9 Å². The molecule has 4 nitrogen and oxygen atoms in total. The quantitative estimate of drug-likeness (QED) is 0.489. The molecule has 0 amide bonds. The minimum atomic E-state index is -4.46. The number of carbonyl (C=O) groups excluding carboxylic acids is 1. The molecule has 0 spiro atoms. The average molecular weight is 396 g/mol. The second-order valence-electron chi connectivity index (χ2n) is 6.35. The highest BCUT2D eigenvalue weighted by Crippen LogP contribution is 2.29. The first-order chi connectivity index (χ1) is 12.4. The third-order valence-corrected chi connectivity index (χ3v) is 3.82. The number of rotatable bonds is 7. The van der Waals surface area contributed by atoms with Crippen molar-refractivity contribution >= 4 is 11.3 Å². The van der Waals surface area contributed by atoms with E-state index in [1.165, 1.54) is 18.3 Å². The topological polar surface area (TPSA) is 43.6 Å². The molecule has 27 heavy (non-hydrogen) atoms. The first-order valence-electron chi connectivity index (χ1n) is 8.19. The Morgan fingerprint density at radius 2 is 1.74 bits per heavy atom. The van der Waals surface area contributed by atoms with Crippen LogP contribution in [0.5, 0.6) is 5.75 Å². The number of ketones is 1. The number of aromatic nitrogens is 2. The maximum Gasteiger partial charge on any atom is 0.392 e. The molecule has 2 aromatic rings. The van der Waals surface area contributed by atoms with E-state index in [4.69, 9.17) is 4.74 Å². The normalized spacial score (nSPS) is 12.8. The molecule has 0 unspecified atom stereocenters. The molecular formula is C17H18F6N2O2. The number of alkyl halides is 6. The van der Waals surface area contributed by atoms with Gasteiger partial charge in [0.2, 0.25) is 0 Å². The fourth-order valence-electron chi connectivity index (χ4n) is 2.49. The summed E-state index contributed by atoms with van der Waals surface area (Å²) in [7, 11) is 0. The van der Waals surface area contributed by atoms with Gasteiger partial charge in [0.1, 0.15) is 5.75 Å². The van der Waals surface area contributed by atoms with Gasteiger partial charge in [-0.05, 0) is 12.1 Å². The Morgan fingerprint density at radius 1 is 1.11 bits per heavy atom. The van der Waals surface area contributed by atoms with Gasteiger partial charge in [-0.15, -0.1) is 0 Å². The lowest BCUT2D eigenvalue weighted by Crippen LogP contribution is -2.16. The number of aryl methyl sites for hydroxylation is 1. The first kappa shape index (κ1) is 21.0. The van der Waals surface area contributed by atoms with E-state index in [9.17, 15) is 31.1 Å². The molecule has 0 bridgehead atoms. The van der Waals surface area contributed by atoms with Crippen LogP contribution in [0.1, 0.15) is 42.7 Å². The SMILES string of the molecule is CC(C)C(=O)c1cnn2c(CCC(F)(F)F)c(OCCC(F)(F)F)ccc12. The molecular weight excluding hydrogens is 378 g/mol. The van der Waals surface area contributed by atoms with Crippen molar-refractivity contribution in [2.45, 2.75) is 45.5 Å². The average Bonchev–Trinajstić information content (AvgIpc) is 2.94. The van der Waals surface area contributed by atoms with Gasteiger partial charge in [0.25, 0.3) is 0 Å². The zero-order valence-electron chi connectivity index (χ0n) is 14.6. The highest BCUT2D eigenvalue weighted by atomic mass is 19.4. The number of hydrogen-bond donors (Lipinski definition) is 0. The van der Waals surface area contributed by atoms with Crippen LogP contribution in [0.2, 0.25) is 0 Å². The van der Waals surface area contributed by atoms with Crippen LogP contribution in [0.15, 0.2) is 18.3 Å². The molecule has 0 atom stereocenters. The number of ether oxygens (including phenoxy) is 1. The van der Waals surface area contributed by atoms with Crippen LogP contribution < -0.4 is 4.74 Å². The van der Waals surface area contributed by atoms with E-state index < -0.39 is 38.2 Å². The highest BCUT2D eigenvalue weighted by molar-refractivity contribution is 6.03. The fourth-order valence-corrected chi connectivity index (χ4v) is 2.49. The summed E-state index contributed by atoms with van der Waals surface area (Å²) in [6.45, 7) is 2.61. The molecule has 0 saturated carbocycles. The van der Waals surface area contributed by atoms with Gasteiger partial charge in [-0.1, -0.05) is 13.8 Å². The van der Waals surface area contributed by atoms with Crippen molar-refractivity contribution in [3.63, 3.8) is 0 Å². The second-order valence-corrected chi connectivity index (χ2v) is 6.35. The summed E-state index contributed by atoms with van der Waals surface area (Å²) in [5.41, 5.74) is 0.490. The van der Waals surface area contributed by atoms with Crippen LogP contribution in [0.25, 0.3) is 5.52 Å². The second kappa shape index (κ2) is 7.77. The third kappa shape index (κ3) is 5.61. The smallest absolute Gasteiger partial charge is 0.392 e. The van der Waals surface area contributed by atoms with Crippen molar-refractivity contribution in [2.24, 2.45) is 5.92 Å². The van der Waals surface area contributed by atoms with E-state index in [2.05, 4.69) is 5.10 Å². The molecule has 10 heteroatoms. The van der Waals surface area contributed by atoms with Gasteiger partial charge in [0, 0.05) is 18.8 Å². The largest absolute Gasteiger partial charge is 0.491 e. The van der Waals surface area contributed by atoms with Crippen molar-refractivity contribution in [3.8, 4) is 5.75 Å². The van der Waals surface area contributed by atoms with Gasteiger partial charge in [-0.2, -0.15) is 31.4 Å². The molecule has 2 aromatic heterocycles. The lowest BCUT2D eigenvalue weighted by Gasteiger charge is -2.15. The molecule has 0 fully saturated rings. The lowest BCUT2D eigenvalue weighted by atomic mass is 10.0. The molecule has 0 aliphatic carbocycles. The molecule has 0 N–H and O–H groups in total. The molecule has 0 aromatic carbocycles. The number of hydrogen-bond acceptors (Lipinski definition) is 3. The monoisotopic (exact) mass is 396 g/mol. The van der Waals surface area contributed by atoms with Crippen molar-refractivity contribution in [1.29, 1.82) is 0 Å². The van der Waals surface area contributed by atoms with Crippen molar-refractivity contribution in [1.82, 2.24) is 9.61 Å². The van der Waals surface area contributed by atoms with Gasteiger partial charge in [0.15, 0.2) is 5.78 Å².